The van der Waals surface area contributed by atoms with E-state index in [1.54, 1.807) is 18.3 Å². The Morgan fingerprint density at radius 1 is 0.885 bits per heavy atom. The predicted octanol–water partition coefficient (Wildman–Crippen LogP) is 4.28. The summed E-state index contributed by atoms with van der Waals surface area (Å²) in [4.78, 5) is 18.4. The summed E-state index contributed by atoms with van der Waals surface area (Å²) < 4.78 is 12.9. The van der Waals surface area contributed by atoms with Crippen molar-refractivity contribution in [1.29, 1.82) is 0 Å². The second-order valence-electron chi connectivity index (χ2n) is 5.96. The molecular weight excluding hydrogens is 331 g/mol. The average Bonchev–Trinajstić information content (AvgIpc) is 2.64. The monoisotopic (exact) mass is 350 g/mol. The summed E-state index contributed by atoms with van der Waals surface area (Å²) in [5.74, 6) is -0.700. The maximum atomic E-state index is 12.9. The van der Waals surface area contributed by atoms with Crippen LogP contribution in [0.1, 0.15) is 10.5 Å². The van der Waals surface area contributed by atoms with E-state index in [2.05, 4.69) is 15.6 Å². The van der Waals surface area contributed by atoms with E-state index >= 15 is 0 Å². The minimum absolute atomic E-state index is 0.280. The van der Waals surface area contributed by atoms with Gasteiger partial charge in [0.2, 0.25) is 0 Å². The van der Waals surface area contributed by atoms with Gasteiger partial charge in [-0.3, -0.25) is 4.79 Å². The number of pyridine rings is 1. The molecule has 26 heavy (non-hydrogen) atoms. The lowest BCUT2D eigenvalue weighted by Crippen LogP contribution is -2.13. The molecule has 3 rings (SSSR count). The minimum atomic E-state index is -0.352. The molecule has 0 atom stereocenters. The smallest absolute Gasteiger partial charge is 0.274 e. The number of carbonyl (C=O) groups excluding carboxylic acids is 1. The van der Waals surface area contributed by atoms with Crippen LogP contribution in [0.15, 0.2) is 66.9 Å². The Morgan fingerprint density at radius 3 is 2.08 bits per heavy atom. The number of carbonyl (C=O) groups is 1. The van der Waals surface area contributed by atoms with Crippen molar-refractivity contribution >= 4 is 28.7 Å². The third-order valence-electron chi connectivity index (χ3n) is 3.77. The van der Waals surface area contributed by atoms with E-state index < -0.39 is 0 Å². The van der Waals surface area contributed by atoms with Gasteiger partial charge >= 0.3 is 0 Å². The zero-order chi connectivity index (χ0) is 18.5. The van der Waals surface area contributed by atoms with E-state index in [1.807, 2.05) is 43.3 Å². The fraction of sp³-hybridized carbons (Fsp3) is 0.100. The topological polar surface area (TPSA) is 57.3 Å². The standard InChI is InChI=1S/C20H19FN4O/c1-25(2)18-10-7-15(8-11-18)23-17-9-12-19(22-13-17)20(26)24-16-5-3-14(21)4-6-16/h3-13,23H,1-2H3,(H,24,26). The van der Waals surface area contributed by atoms with Crippen LogP contribution in [0.2, 0.25) is 0 Å². The molecule has 0 radical (unpaired) electrons. The summed E-state index contributed by atoms with van der Waals surface area (Å²) in [5.41, 5.74) is 3.62. The minimum Gasteiger partial charge on any atom is -0.378 e. The van der Waals surface area contributed by atoms with Crippen molar-refractivity contribution in [2.75, 3.05) is 29.6 Å². The molecule has 5 nitrogen and oxygen atoms in total. The fourth-order valence-electron chi connectivity index (χ4n) is 2.34. The molecular formula is C20H19FN4O. The lowest BCUT2D eigenvalue weighted by Gasteiger charge is -2.13. The predicted molar refractivity (Wildman–Crippen MR) is 103 cm³/mol. The number of amides is 1. The molecule has 3 aromatic rings. The number of hydrogen-bond acceptors (Lipinski definition) is 4. The molecule has 0 unspecified atom stereocenters. The van der Waals surface area contributed by atoms with Crippen LogP contribution in [-0.4, -0.2) is 25.0 Å². The summed E-state index contributed by atoms with van der Waals surface area (Å²) >= 11 is 0. The van der Waals surface area contributed by atoms with Gasteiger partial charge in [-0.05, 0) is 60.7 Å². The Hall–Kier alpha value is -3.41. The Balaban J connectivity index is 1.64. The van der Waals surface area contributed by atoms with Crippen molar-refractivity contribution in [1.82, 2.24) is 4.98 Å². The molecule has 0 bridgehead atoms. The van der Waals surface area contributed by atoms with Crippen molar-refractivity contribution in [3.63, 3.8) is 0 Å². The largest absolute Gasteiger partial charge is 0.378 e. The average molecular weight is 350 g/mol. The number of hydrogen-bond donors (Lipinski definition) is 2. The van der Waals surface area contributed by atoms with Gasteiger partial charge in [0, 0.05) is 31.2 Å². The zero-order valence-electron chi connectivity index (χ0n) is 14.5. The molecule has 0 saturated carbocycles. The molecule has 0 aliphatic heterocycles. The maximum Gasteiger partial charge on any atom is 0.274 e. The lowest BCUT2D eigenvalue weighted by molar-refractivity contribution is 0.102. The second kappa shape index (κ2) is 7.65. The van der Waals surface area contributed by atoms with Gasteiger partial charge < -0.3 is 15.5 Å². The highest BCUT2D eigenvalue weighted by molar-refractivity contribution is 6.02. The van der Waals surface area contributed by atoms with Gasteiger partial charge in [0.15, 0.2) is 0 Å². The molecule has 2 aromatic carbocycles. The second-order valence-corrected chi connectivity index (χ2v) is 5.96. The van der Waals surface area contributed by atoms with Crippen molar-refractivity contribution in [2.24, 2.45) is 0 Å². The highest BCUT2D eigenvalue weighted by atomic mass is 19.1. The molecule has 2 N–H and O–H groups in total. The lowest BCUT2D eigenvalue weighted by atomic mass is 10.2. The molecule has 0 aliphatic rings. The van der Waals surface area contributed by atoms with Crippen LogP contribution in [0.5, 0.6) is 0 Å². The van der Waals surface area contributed by atoms with E-state index in [9.17, 15) is 9.18 Å². The highest BCUT2D eigenvalue weighted by Gasteiger charge is 2.08. The Kier molecular flexibility index (Phi) is 5.12. The number of anilines is 4. The third kappa shape index (κ3) is 4.36. The van der Waals surface area contributed by atoms with E-state index in [0.29, 0.717) is 5.69 Å². The molecule has 6 heteroatoms. The zero-order valence-corrected chi connectivity index (χ0v) is 14.5. The van der Waals surface area contributed by atoms with Crippen molar-refractivity contribution < 1.29 is 9.18 Å². The summed E-state index contributed by atoms with van der Waals surface area (Å²) in [6.45, 7) is 0. The molecule has 1 aromatic heterocycles. The van der Waals surface area contributed by atoms with Crippen LogP contribution in [0.4, 0.5) is 27.1 Å². The molecule has 1 amide bonds. The summed E-state index contributed by atoms with van der Waals surface area (Å²) in [5, 5.41) is 5.92. The number of rotatable bonds is 5. The van der Waals surface area contributed by atoms with Crippen molar-refractivity contribution in [3.05, 3.63) is 78.4 Å². The Labute approximate surface area is 151 Å². The number of halogens is 1. The van der Waals surface area contributed by atoms with Gasteiger partial charge in [0.1, 0.15) is 11.5 Å². The number of aromatic nitrogens is 1. The molecule has 0 saturated heterocycles. The van der Waals surface area contributed by atoms with Gasteiger partial charge in [0.05, 0.1) is 11.9 Å². The molecule has 1 heterocycles. The quantitative estimate of drug-likeness (QED) is 0.721. The Bertz CT molecular complexity index is 875. The van der Waals surface area contributed by atoms with Crippen LogP contribution in [0.3, 0.4) is 0 Å². The normalized spacial score (nSPS) is 10.3. The van der Waals surface area contributed by atoms with Gasteiger partial charge in [-0.2, -0.15) is 0 Å². The highest BCUT2D eigenvalue weighted by Crippen LogP contribution is 2.20. The van der Waals surface area contributed by atoms with E-state index in [-0.39, 0.29) is 17.4 Å². The number of benzene rings is 2. The summed E-state index contributed by atoms with van der Waals surface area (Å²) in [6.07, 6.45) is 1.60. The first-order valence-corrected chi connectivity index (χ1v) is 8.09. The van der Waals surface area contributed by atoms with Crippen LogP contribution in [0.25, 0.3) is 0 Å². The van der Waals surface area contributed by atoms with Gasteiger partial charge in [-0.15, -0.1) is 0 Å². The van der Waals surface area contributed by atoms with Gasteiger partial charge in [0.25, 0.3) is 5.91 Å². The van der Waals surface area contributed by atoms with Gasteiger partial charge in [-0.1, -0.05) is 0 Å². The SMILES string of the molecule is CN(C)c1ccc(Nc2ccc(C(=O)Nc3ccc(F)cc3)nc2)cc1. The van der Waals surface area contributed by atoms with Crippen LogP contribution < -0.4 is 15.5 Å². The van der Waals surface area contributed by atoms with Crippen molar-refractivity contribution in [2.45, 2.75) is 0 Å². The molecule has 0 fully saturated rings. The number of nitrogens with one attached hydrogen (secondary N) is 2. The third-order valence-corrected chi connectivity index (χ3v) is 3.77. The molecule has 0 spiro atoms. The molecule has 132 valence electrons. The first-order chi connectivity index (χ1) is 12.5. The Morgan fingerprint density at radius 2 is 1.50 bits per heavy atom. The first-order valence-electron chi connectivity index (χ1n) is 8.09. The number of nitrogens with zero attached hydrogens (tertiary/aromatic N) is 2. The van der Waals surface area contributed by atoms with E-state index in [4.69, 9.17) is 0 Å². The summed E-state index contributed by atoms with van der Waals surface area (Å²) in [7, 11) is 3.98. The van der Waals surface area contributed by atoms with Crippen LogP contribution in [-0.2, 0) is 0 Å². The summed E-state index contributed by atoms with van der Waals surface area (Å²) in [6, 6.07) is 17.0. The van der Waals surface area contributed by atoms with E-state index in [1.165, 1.54) is 24.3 Å². The maximum absolute atomic E-state index is 12.9. The van der Waals surface area contributed by atoms with Crippen molar-refractivity contribution in [3.8, 4) is 0 Å². The molecule has 0 aliphatic carbocycles. The fourth-order valence-corrected chi connectivity index (χ4v) is 2.34. The van der Waals surface area contributed by atoms with E-state index in [0.717, 1.165) is 17.1 Å². The van der Waals surface area contributed by atoms with Crippen LogP contribution in [0, 0.1) is 5.82 Å². The van der Waals surface area contributed by atoms with Crippen LogP contribution >= 0.6 is 0 Å². The van der Waals surface area contributed by atoms with Gasteiger partial charge in [-0.25, -0.2) is 9.37 Å². The first kappa shape index (κ1) is 17.4.